The molecule has 0 bridgehead atoms. The Morgan fingerprint density at radius 3 is 2.88 bits per heavy atom. The Bertz CT molecular complexity index is 591. The van der Waals surface area contributed by atoms with Gasteiger partial charge in [0, 0.05) is 31.9 Å². The highest BCUT2D eigenvalue weighted by molar-refractivity contribution is 5.98. The molecule has 1 N–H and O–H groups in total. The topological polar surface area (TPSA) is 52.7 Å². The van der Waals surface area contributed by atoms with Gasteiger partial charge in [-0.25, -0.2) is 0 Å². The van der Waals surface area contributed by atoms with Gasteiger partial charge in [-0.2, -0.15) is 0 Å². The molecule has 1 unspecified atom stereocenters. The normalized spacial score (nSPS) is 20.4. The van der Waals surface area contributed by atoms with Gasteiger partial charge in [0.05, 0.1) is 12.5 Å². The highest BCUT2D eigenvalue weighted by atomic mass is 35.5. The zero-order valence-electron chi connectivity index (χ0n) is 14.2. The Kier molecular flexibility index (Phi) is 6.63. The van der Waals surface area contributed by atoms with Gasteiger partial charge in [-0.1, -0.05) is 25.1 Å². The Hall–Kier alpha value is -1.59. The van der Waals surface area contributed by atoms with Crippen molar-refractivity contribution in [1.29, 1.82) is 0 Å². The van der Waals surface area contributed by atoms with E-state index in [0.29, 0.717) is 0 Å². The van der Waals surface area contributed by atoms with E-state index in [-0.39, 0.29) is 36.7 Å². The molecule has 2 amide bonds. The minimum atomic E-state index is -0.378. The van der Waals surface area contributed by atoms with Crippen molar-refractivity contribution < 1.29 is 9.59 Å². The van der Waals surface area contributed by atoms with Crippen molar-refractivity contribution in [3.63, 3.8) is 0 Å². The third-order valence-electron chi connectivity index (χ3n) is 4.67. The number of nitrogens with one attached hydrogen (secondary N) is 1. The summed E-state index contributed by atoms with van der Waals surface area (Å²) in [6.07, 6.45) is 3.20. The molecule has 2 aliphatic heterocycles. The number of benzene rings is 1. The number of fused-ring (bicyclic) bond motifs is 1. The highest BCUT2D eigenvalue weighted by Gasteiger charge is 2.32. The third kappa shape index (κ3) is 3.90. The van der Waals surface area contributed by atoms with E-state index < -0.39 is 0 Å². The summed E-state index contributed by atoms with van der Waals surface area (Å²) in [6, 6.07) is 7.70. The number of nitrogens with zero attached hydrogens (tertiary/aromatic N) is 2. The van der Waals surface area contributed by atoms with Gasteiger partial charge in [0.25, 0.3) is 0 Å². The lowest BCUT2D eigenvalue weighted by Gasteiger charge is -2.35. The molecule has 0 aliphatic carbocycles. The lowest BCUT2D eigenvalue weighted by Crippen LogP contribution is -2.56. The second-order valence-corrected chi connectivity index (χ2v) is 6.31. The molecule has 1 saturated heterocycles. The van der Waals surface area contributed by atoms with Crippen LogP contribution in [-0.4, -0.2) is 48.9 Å². The smallest absolute Gasteiger partial charge is 0.240 e. The molecule has 0 radical (unpaired) electrons. The van der Waals surface area contributed by atoms with Gasteiger partial charge in [0.1, 0.15) is 0 Å². The molecule has 5 nitrogen and oxygen atoms in total. The molecule has 6 heteroatoms. The minimum Gasteiger partial charge on any atom is -0.340 e. The Labute approximate surface area is 149 Å². The van der Waals surface area contributed by atoms with E-state index in [1.165, 1.54) is 5.56 Å². The summed E-state index contributed by atoms with van der Waals surface area (Å²) in [6.45, 7) is 5.09. The lowest BCUT2D eigenvalue weighted by molar-refractivity contribution is -0.137. The van der Waals surface area contributed by atoms with Gasteiger partial charge >= 0.3 is 0 Å². The van der Waals surface area contributed by atoms with Crippen molar-refractivity contribution in [2.75, 3.05) is 31.1 Å². The van der Waals surface area contributed by atoms with Gasteiger partial charge in [0.15, 0.2) is 0 Å². The van der Waals surface area contributed by atoms with Crippen LogP contribution in [0.1, 0.15) is 31.7 Å². The van der Waals surface area contributed by atoms with E-state index in [1.807, 2.05) is 28.0 Å². The van der Waals surface area contributed by atoms with Crippen LogP contribution in [0.3, 0.4) is 0 Å². The Morgan fingerprint density at radius 2 is 2.08 bits per heavy atom. The predicted octanol–water partition coefficient (Wildman–Crippen LogP) is 1.99. The summed E-state index contributed by atoms with van der Waals surface area (Å²) in [5, 5.41) is 3.21. The highest BCUT2D eigenvalue weighted by Crippen LogP contribution is 2.27. The first-order valence-corrected chi connectivity index (χ1v) is 8.61. The maximum atomic E-state index is 12.8. The maximum absolute atomic E-state index is 12.8. The van der Waals surface area contributed by atoms with Crippen LogP contribution in [0.2, 0.25) is 0 Å². The molecular weight excluding hydrogens is 326 g/mol. The maximum Gasteiger partial charge on any atom is 0.240 e. The molecule has 1 fully saturated rings. The van der Waals surface area contributed by atoms with Gasteiger partial charge in [-0.05, 0) is 30.9 Å². The Morgan fingerprint density at radius 1 is 1.29 bits per heavy atom. The number of carbonyl (C=O) groups is 2. The number of amides is 2. The van der Waals surface area contributed by atoms with E-state index >= 15 is 0 Å². The molecule has 132 valence electrons. The van der Waals surface area contributed by atoms with Gasteiger partial charge in [-0.15, -0.1) is 12.4 Å². The number of anilines is 1. The van der Waals surface area contributed by atoms with Crippen LogP contribution in [0.25, 0.3) is 0 Å². The minimum absolute atomic E-state index is 0. The second-order valence-electron chi connectivity index (χ2n) is 6.31. The number of piperazine rings is 1. The predicted molar refractivity (Wildman–Crippen MR) is 97.6 cm³/mol. The molecule has 2 aliphatic rings. The van der Waals surface area contributed by atoms with Crippen molar-refractivity contribution in [2.24, 2.45) is 0 Å². The van der Waals surface area contributed by atoms with E-state index in [1.54, 1.807) is 0 Å². The van der Waals surface area contributed by atoms with Crippen molar-refractivity contribution in [1.82, 2.24) is 10.2 Å². The number of hydrogen-bond acceptors (Lipinski definition) is 3. The largest absolute Gasteiger partial charge is 0.340 e. The Balaban J connectivity index is 0.00000208. The molecule has 1 aromatic rings. The number of hydrogen-bond donors (Lipinski definition) is 1. The number of halogens is 1. The van der Waals surface area contributed by atoms with E-state index in [4.69, 9.17) is 0 Å². The SMILES string of the molecule is CCCN1CCNC(CC(=O)N2CCCc3ccccc32)C1=O.Cl. The fraction of sp³-hybridized carbons (Fsp3) is 0.556. The van der Waals surface area contributed by atoms with E-state index in [9.17, 15) is 9.59 Å². The van der Waals surface area contributed by atoms with Crippen molar-refractivity contribution in [3.05, 3.63) is 29.8 Å². The molecule has 0 spiro atoms. The van der Waals surface area contributed by atoms with Crippen molar-refractivity contribution >= 4 is 29.9 Å². The van der Waals surface area contributed by atoms with Crippen LogP contribution in [-0.2, 0) is 16.0 Å². The van der Waals surface area contributed by atoms with Crippen LogP contribution in [0.5, 0.6) is 0 Å². The average molecular weight is 352 g/mol. The number of rotatable bonds is 4. The summed E-state index contributed by atoms with van der Waals surface area (Å²) in [7, 11) is 0. The number of para-hydroxylation sites is 1. The summed E-state index contributed by atoms with van der Waals surface area (Å²) in [5.74, 6) is 0.109. The van der Waals surface area contributed by atoms with Crippen LogP contribution in [0, 0.1) is 0 Å². The van der Waals surface area contributed by atoms with Crippen LogP contribution in [0.4, 0.5) is 5.69 Å². The van der Waals surface area contributed by atoms with Crippen LogP contribution >= 0.6 is 12.4 Å². The van der Waals surface area contributed by atoms with E-state index in [0.717, 1.165) is 51.1 Å². The fourth-order valence-electron chi connectivity index (χ4n) is 3.52. The third-order valence-corrected chi connectivity index (χ3v) is 4.67. The molecular formula is C18H26ClN3O2. The summed E-state index contributed by atoms with van der Waals surface area (Å²) in [4.78, 5) is 29.0. The van der Waals surface area contributed by atoms with Gasteiger partial charge in [0.2, 0.25) is 11.8 Å². The molecule has 0 saturated carbocycles. The average Bonchev–Trinajstić information content (AvgIpc) is 2.58. The van der Waals surface area contributed by atoms with E-state index in [2.05, 4.69) is 18.3 Å². The van der Waals surface area contributed by atoms with Crippen molar-refractivity contribution in [2.45, 2.75) is 38.6 Å². The van der Waals surface area contributed by atoms with Crippen LogP contribution < -0.4 is 10.2 Å². The summed E-state index contributed by atoms with van der Waals surface area (Å²) < 4.78 is 0. The molecule has 3 rings (SSSR count). The monoisotopic (exact) mass is 351 g/mol. The molecule has 24 heavy (non-hydrogen) atoms. The summed E-state index contributed by atoms with van der Waals surface area (Å²) in [5.41, 5.74) is 2.24. The standard InChI is InChI=1S/C18H25N3O2.ClH/c1-2-10-20-12-9-19-15(18(20)23)13-17(22)21-11-5-7-14-6-3-4-8-16(14)21;/h3-4,6,8,15,19H,2,5,7,9-13H2,1H3;1H. The van der Waals surface area contributed by atoms with Gasteiger partial charge < -0.3 is 15.1 Å². The first-order valence-electron chi connectivity index (χ1n) is 8.61. The first-order chi connectivity index (χ1) is 11.2. The fourth-order valence-corrected chi connectivity index (χ4v) is 3.52. The molecule has 0 aromatic heterocycles. The lowest BCUT2D eigenvalue weighted by atomic mass is 10.0. The molecule has 1 aromatic carbocycles. The second kappa shape index (κ2) is 8.49. The zero-order chi connectivity index (χ0) is 16.2. The zero-order valence-corrected chi connectivity index (χ0v) is 15.0. The number of carbonyl (C=O) groups excluding carboxylic acids is 2. The first kappa shape index (κ1) is 18.7. The molecule has 1 atom stereocenters. The van der Waals surface area contributed by atoms with Gasteiger partial charge in [-0.3, -0.25) is 9.59 Å². The van der Waals surface area contributed by atoms with Crippen molar-refractivity contribution in [3.8, 4) is 0 Å². The van der Waals surface area contributed by atoms with Crippen LogP contribution in [0.15, 0.2) is 24.3 Å². The number of aryl methyl sites for hydroxylation is 1. The quantitative estimate of drug-likeness (QED) is 0.902. The molecule has 2 heterocycles. The summed E-state index contributed by atoms with van der Waals surface area (Å²) >= 11 is 0.